The highest BCUT2D eigenvalue weighted by Gasteiger charge is 2.31. The Balaban J connectivity index is 1.93. The molecule has 4 atom stereocenters. The molecule has 2 fully saturated rings. The zero-order valence-corrected chi connectivity index (χ0v) is 11.6. The summed E-state index contributed by atoms with van der Waals surface area (Å²) < 4.78 is 5.71. The average Bonchev–Trinajstić information content (AvgIpc) is 2.71. The van der Waals surface area contributed by atoms with Crippen molar-refractivity contribution in [1.29, 1.82) is 0 Å². The van der Waals surface area contributed by atoms with Gasteiger partial charge in [0.05, 0.1) is 6.10 Å². The van der Waals surface area contributed by atoms with Crippen LogP contribution in [-0.4, -0.2) is 48.8 Å². The summed E-state index contributed by atoms with van der Waals surface area (Å²) >= 11 is 0. The predicted octanol–water partition coefficient (Wildman–Crippen LogP) is 2.02. The van der Waals surface area contributed by atoms with E-state index < -0.39 is 0 Å². The molecule has 0 aliphatic carbocycles. The zero-order valence-electron chi connectivity index (χ0n) is 11.6. The molecule has 2 aliphatic rings. The minimum Gasteiger partial charge on any atom is -0.377 e. The van der Waals surface area contributed by atoms with E-state index in [1.807, 2.05) is 0 Å². The molecule has 17 heavy (non-hydrogen) atoms. The van der Waals surface area contributed by atoms with Gasteiger partial charge >= 0.3 is 0 Å². The van der Waals surface area contributed by atoms with Gasteiger partial charge in [0.2, 0.25) is 0 Å². The van der Waals surface area contributed by atoms with Gasteiger partial charge in [-0.25, -0.2) is 0 Å². The van der Waals surface area contributed by atoms with E-state index in [-0.39, 0.29) is 0 Å². The molecule has 2 heterocycles. The minimum absolute atomic E-state index is 0.428. The summed E-state index contributed by atoms with van der Waals surface area (Å²) in [7, 11) is 0. The van der Waals surface area contributed by atoms with Crippen LogP contribution in [0.15, 0.2) is 0 Å². The van der Waals surface area contributed by atoms with Crippen molar-refractivity contribution in [3.8, 4) is 0 Å². The molecule has 4 unspecified atom stereocenters. The summed E-state index contributed by atoms with van der Waals surface area (Å²) in [6, 6.07) is 2.02. The first-order valence-corrected chi connectivity index (χ1v) is 7.32. The normalized spacial score (nSPS) is 41.1. The monoisotopic (exact) mass is 240 g/mol. The quantitative estimate of drug-likeness (QED) is 0.799. The Morgan fingerprint density at radius 2 is 1.94 bits per heavy atom. The van der Waals surface area contributed by atoms with Crippen LogP contribution in [0.25, 0.3) is 0 Å². The maximum Gasteiger partial charge on any atom is 0.0703 e. The minimum atomic E-state index is 0.428. The second-order valence-corrected chi connectivity index (χ2v) is 5.72. The first kappa shape index (κ1) is 13.3. The lowest BCUT2D eigenvalue weighted by Gasteiger charge is -2.36. The van der Waals surface area contributed by atoms with Gasteiger partial charge in [-0.05, 0) is 39.5 Å². The van der Waals surface area contributed by atoms with Gasteiger partial charge in [0.1, 0.15) is 0 Å². The molecule has 0 aromatic heterocycles. The molecule has 2 rings (SSSR count). The highest BCUT2D eigenvalue weighted by molar-refractivity contribution is 4.86. The molecule has 2 saturated heterocycles. The van der Waals surface area contributed by atoms with Gasteiger partial charge in [-0.15, -0.1) is 0 Å². The van der Waals surface area contributed by atoms with Crippen molar-refractivity contribution >= 4 is 0 Å². The van der Waals surface area contributed by atoms with Crippen molar-refractivity contribution in [2.75, 3.05) is 19.7 Å². The molecule has 0 radical (unpaired) electrons. The fourth-order valence-corrected chi connectivity index (χ4v) is 3.22. The van der Waals surface area contributed by atoms with E-state index >= 15 is 0 Å². The molecule has 0 bridgehead atoms. The SMILES string of the molecule is CCC1CCN(C2CCOC2C)CCC(C)N1. The van der Waals surface area contributed by atoms with Crippen LogP contribution in [-0.2, 0) is 4.74 Å². The third-order valence-electron chi connectivity index (χ3n) is 4.43. The second-order valence-electron chi connectivity index (χ2n) is 5.72. The fraction of sp³-hybridized carbons (Fsp3) is 1.00. The van der Waals surface area contributed by atoms with E-state index in [4.69, 9.17) is 4.74 Å². The number of nitrogens with one attached hydrogen (secondary N) is 1. The third-order valence-corrected chi connectivity index (χ3v) is 4.43. The van der Waals surface area contributed by atoms with E-state index in [0.29, 0.717) is 24.2 Å². The highest BCUT2D eigenvalue weighted by Crippen LogP contribution is 2.22. The summed E-state index contributed by atoms with van der Waals surface area (Å²) in [4.78, 5) is 2.68. The van der Waals surface area contributed by atoms with Gasteiger partial charge in [0, 0.05) is 37.8 Å². The van der Waals surface area contributed by atoms with Crippen LogP contribution < -0.4 is 5.32 Å². The van der Waals surface area contributed by atoms with Gasteiger partial charge < -0.3 is 10.1 Å². The average molecular weight is 240 g/mol. The molecule has 2 aliphatic heterocycles. The molecule has 0 aromatic rings. The van der Waals surface area contributed by atoms with E-state index in [0.717, 1.165) is 6.61 Å². The maximum absolute atomic E-state index is 5.71. The van der Waals surface area contributed by atoms with Crippen molar-refractivity contribution in [1.82, 2.24) is 10.2 Å². The Morgan fingerprint density at radius 1 is 1.18 bits per heavy atom. The van der Waals surface area contributed by atoms with E-state index in [9.17, 15) is 0 Å². The van der Waals surface area contributed by atoms with Crippen LogP contribution >= 0.6 is 0 Å². The molecule has 3 nitrogen and oxygen atoms in total. The molecule has 0 saturated carbocycles. The van der Waals surface area contributed by atoms with Crippen molar-refractivity contribution in [2.24, 2.45) is 0 Å². The van der Waals surface area contributed by atoms with Crippen LogP contribution in [0.3, 0.4) is 0 Å². The highest BCUT2D eigenvalue weighted by atomic mass is 16.5. The standard InChI is InChI=1S/C14H28N2O/c1-4-13-6-9-16(8-5-11(2)15-13)14-7-10-17-12(14)3/h11-15H,4-10H2,1-3H3. The van der Waals surface area contributed by atoms with Gasteiger partial charge in [-0.1, -0.05) is 6.92 Å². The largest absolute Gasteiger partial charge is 0.377 e. The Morgan fingerprint density at radius 3 is 2.59 bits per heavy atom. The summed E-state index contributed by atoms with van der Waals surface area (Å²) in [5.41, 5.74) is 0. The molecule has 100 valence electrons. The number of ether oxygens (including phenoxy) is 1. The molecule has 0 amide bonds. The van der Waals surface area contributed by atoms with Crippen molar-refractivity contribution in [3.05, 3.63) is 0 Å². The third kappa shape index (κ3) is 3.43. The molecular formula is C14H28N2O. The lowest BCUT2D eigenvalue weighted by Crippen LogP contribution is -2.48. The maximum atomic E-state index is 5.71. The topological polar surface area (TPSA) is 24.5 Å². The van der Waals surface area contributed by atoms with E-state index in [1.165, 1.54) is 38.8 Å². The first-order chi connectivity index (χ1) is 8.20. The van der Waals surface area contributed by atoms with Gasteiger partial charge in [0.25, 0.3) is 0 Å². The number of hydrogen-bond donors (Lipinski definition) is 1. The van der Waals surface area contributed by atoms with Crippen molar-refractivity contribution < 1.29 is 4.74 Å². The lowest BCUT2D eigenvalue weighted by molar-refractivity contribution is 0.0665. The van der Waals surface area contributed by atoms with Crippen LogP contribution in [0.1, 0.15) is 46.5 Å². The van der Waals surface area contributed by atoms with Crippen LogP contribution in [0.5, 0.6) is 0 Å². The van der Waals surface area contributed by atoms with Crippen molar-refractivity contribution in [2.45, 2.75) is 70.7 Å². The van der Waals surface area contributed by atoms with Crippen LogP contribution in [0.4, 0.5) is 0 Å². The van der Waals surface area contributed by atoms with Gasteiger partial charge in [-0.2, -0.15) is 0 Å². The number of rotatable bonds is 2. The lowest BCUT2D eigenvalue weighted by atomic mass is 10.0. The smallest absolute Gasteiger partial charge is 0.0703 e. The van der Waals surface area contributed by atoms with E-state index in [1.54, 1.807) is 0 Å². The van der Waals surface area contributed by atoms with Gasteiger partial charge in [-0.3, -0.25) is 4.90 Å². The Hall–Kier alpha value is -0.120. The molecule has 1 N–H and O–H groups in total. The summed E-state index contributed by atoms with van der Waals surface area (Å²) in [5.74, 6) is 0. The Labute approximate surface area is 106 Å². The number of hydrogen-bond acceptors (Lipinski definition) is 3. The van der Waals surface area contributed by atoms with Crippen LogP contribution in [0.2, 0.25) is 0 Å². The summed E-state index contributed by atoms with van der Waals surface area (Å²) in [5, 5.41) is 3.73. The predicted molar refractivity (Wildman–Crippen MR) is 71.3 cm³/mol. The zero-order chi connectivity index (χ0) is 12.3. The van der Waals surface area contributed by atoms with Crippen LogP contribution in [0, 0.1) is 0 Å². The molecule has 0 spiro atoms. The summed E-state index contributed by atoms with van der Waals surface area (Å²) in [6.45, 7) is 10.3. The summed E-state index contributed by atoms with van der Waals surface area (Å²) in [6.07, 6.45) is 5.44. The second kappa shape index (κ2) is 6.17. The van der Waals surface area contributed by atoms with Gasteiger partial charge in [0.15, 0.2) is 0 Å². The molecule has 3 heteroatoms. The molecular weight excluding hydrogens is 212 g/mol. The Bertz CT molecular complexity index is 234. The van der Waals surface area contributed by atoms with Crippen molar-refractivity contribution in [3.63, 3.8) is 0 Å². The van der Waals surface area contributed by atoms with E-state index in [2.05, 4.69) is 31.0 Å². The first-order valence-electron chi connectivity index (χ1n) is 7.32. The number of nitrogens with zero attached hydrogens (tertiary/aromatic N) is 1. The molecule has 0 aromatic carbocycles. The Kier molecular flexibility index (Phi) is 4.83. The fourth-order valence-electron chi connectivity index (χ4n) is 3.22.